The minimum atomic E-state index is -2.93. The van der Waals surface area contributed by atoms with Crippen LogP contribution in [0.3, 0.4) is 0 Å². The molecule has 0 radical (unpaired) electrons. The Balaban J connectivity index is 2.46. The Kier molecular flexibility index (Phi) is 4.78. The Hall–Kier alpha value is -0.880. The molecule has 1 aliphatic rings. The van der Waals surface area contributed by atoms with Gasteiger partial charge in [-0.3, -0.25) is 4.68 Å². The number of nitrogens with one attached hydrogen (secondary N) is 1. The predicted octanol–water partition coefficient (Wildman–Crippen LogP) is 1.30. The summed E-state index contributed by atoms with van der Waals surface area (Å²) in [5.41, 5.74) is 3.25. The first-order chi connectivity index (χ1) is 9.87. The molecule has 1 unspecified atom stereocenters. The lowest BCUT2D eigenvalue weighted by atomic mass is 10.00. The molecule has 0 bridgehead atoms. The molecule has 1 aromatic heterocycles. The monoisotopic (exact) mass is 313 g/mol. The van der Waals surface area contributed by atoms with Crippen molar-refractivity contribution in [3.05, 3.63) is 17.0 Å². The van der Waals surface area contributed by atoms with Gasteiger partial charge in [0.05, 0.1) is 22.7 Å². The van der Waals surface area contributed by atoms with Crippen molar-refractivity contribution in [2.75, 3.05) is 25.1 Å². The maximum absolute atomic E-state index is 11.9. The van der Waals surface area contributed by atoms with E-state index < -0.39 is 9.84 Å². The van der Waals surface area contributed by atoms with Crippen molar-refractivity contribution in [3.8, 4) is 0 Å². The number of hydrogen-bond acceptors (Lipinski definition) is 4. The van der Waals surface area contributed by atoms with Gasteiger partial charge < -0.3 is 5.32 Å². The molecule has 0 amide bonds. The maximum Gasteiger partial charge on any atom is 0.152 e. The van der Waals surface area contributed by atoms with Crippen LogP contribution in [0.4, 0.5) is 0 Å². The number of hydrogen-bond donors (Lipinski definition) is 1. The summed E-state index contributed by atoms with van der Waals surface area (Å²) in [5.74, 6) is 0.489. The van der Waals surface area contributed by atoms with E-state index in [0.29, 0.717) is 6.42 Å². The van der Waals surface area contributed by atoms with E-state index in [1.54, 1.807) is 0 Å². The lowest BCUT2D eigenvalue weighted by Gasteiger charge is -2.25. The summed E-state index contributed by atoms with van der Waals surface area (Å²) in [7, 11) is -0.977. The van der Waals surface area contributed by atoms with Gasteiger partial charge in [0, 0.05) is 5.69 Å². The lowest BCUT2D eigenvalue weighted by Crippen LogP contribution is -2.34. The molecular formula is C15H27N3O2S. The quantitative estimate of drug-likeness (QED) is 0.860. The van der Waals surface area contributed by atoms with Crippen molar-refractivity contribution in [1.82, 2.24) is 15.1 Å². The van der Waals surface area contributed by atoms with Crippen molar-refractivity contribution < 1.29 is 8.42 Å². The van der Waals surface area contributed by atoms with E-state index in [2.05, 4.69) is 19.2 Å². The molecule has 6 heteroatoms. The largest absolute Gasteiger partial charge is 0.319 e. The van der Waals surface area contributed by atoms with E-state index in [1.807, 2.05) is 18.7 Å². The number of likely N-dealkylation sites (N-methyl/N-ethyl adjacent to an activating group) is 1. The fourth-order valence-electron chi connectivity index (χ4n) is 3.33. The molecule has 0 spiro atoms. The van der Waals surface area contributed by atoms with Crippen molar-refractivity contribution in [1.29, 1.82) is 0 Å². The highest BCUT2D eigenvalue weighted by Gasteiger charge is 2.42. The Morgan fingerprint density at radius 3 is 2.52 bits per heavy atom. The molecule has 1 atom stereocenters. The summed E-state index contributed by atoms with van der Waals surface area (Å²) >= 11 is 0. The first-order valence-corrected chi connectivity index (χ1v) is 9.64. The van der Waals surface area contributed by atoms with Crippen LogP contribution in [-0.2, 0) is 34.6 Å². The van der Waals surface area contributed by atoms with E-state index in [-0.39, 0.29) is 17.0 Å². The van der Waals surface area contributed by atoms with Crippen LogP contribution in [0, 0.1) is 0 Å². The molecule has 1 saturated heterocycles. The van der Waals surface area contributed by atoms with E-state index in [1.165, 1.54) is 11.3 Å². The smallest absolute Gasteiger partial charge is 0.152 e. The second-order valence-electron chi connectivity index (χ2n) is 6.18. The lowest BCUT2D eigenvalue weighted by molar-refractivity contribution is 0.316. The second-order valence-corrected chi connectivity index (χ2v) is 8.37. The van der Waals surface area contributed by atoms with Gasteiger partial charge in [0.1, 0.15) is 0 Å². The Bertz CT molecular complexity index is 607. The third-order valence-electron chi connectivity index (χ3n) is 4.46. The summed E-state index contributed by atoms with van der Waals surface area (Å²) < 4.78 is 25.8. The average molecular weight is 313 g/mol. The molecule has 0 aromatic carbocycles. The SMILES string of the molecule is CCc1nn(C2(C)CCS(=O)(=O)C2)c(CC)c1CCNC. The van der Waals surface area contributed by atoms with E-state index in [4.69, 9.17) is 5.10 Å². The predicted molar refractivity (Wildman–Crippen MR) is 85.5 cm³/mol. The Morgan fingerprint density at radius 1 is 1.33 bits per heavy atom. The molecule has 0 aliphatic carbocycles. The molecule has 2 heterocycles. The zero-order chi connectivity index (χ0) is 15.7. The van der Waals surface area contributed by atoms with Crippen LogP contribution in [0.25, 0.3) is 0 Å². The highest BCUT2D eigenvalue weighted by Crippen LogP contribution is 2.33. The fourth-order valence-corrected chi connectivity index (χ4v) is 5.44. The minimum absolute atomic E-state index is 0.212. The molecule has 1 aliphatic heterocycles. The molecular weight excluding hydrogens is 286 g/mol. The molecule has 1 fully saturated rings. The Morgan fingerprint density at radius 2 is 2.05 bits per heavy atom. The zero-order valence-corrected chi connectivity index (χ0v) is 14.4. The number of rotatable bonds is 6. The van der Waals surface area contributed by atoms with Gasteiger partial charge in [-0.1, -0.05) is 13.8 Å². The summed E-state index contributed by atoms with van der Waals surface area (Å²) in [6, 6.07) is 0. The van der Waals surface area contributed by atoms with Crippen molar-refractivity contribution >= 4 is 9.84 Å². The van der Waals surface area contributed by atoms with Crippen LogP contribution < -0.4 is 5.32 Å². The molecule has 120 valence electrons. The normalized spacial score (nSPS) is 24.6. The third kappa shape index (κ3) is 3.16. The van der Waals surface area contributed by atoms with Crippen LogP contribution >= 0.6 is 0 Å². The summed E-state index contributed by atoms with van der Waals surface area (Å²) in [6.45, 7) is 7.19. The third-order valence-corrected chi connectivity index (χ3v) is 6.35. The van der Waals surface area contributed by atoms with Crippen molar-refractivity contribution in [2.24, 2.45) is 0 Å². The van der Waals surface area contributed by atoms with Gasteiger partial charge >= 0.3 is 0 Å². The standard InChI is InChI=1S/C15H27N3O2S/c1-5-13-12(7-9-16-4)14(6-2)18(17-13)15(3)8-10-21(19,20)11-15/h16H,5-11H2,1-4H3. The van der Waals surface area contributed by atoms with Gasteiger partial charge in [-0.05, 0) is 51.8 Å². The summed E-state index contributed by atoms with van der Waals surface area (Å²) in [6.07, 6.45) is 3.40. The van der Waals surface area contributed by atoms with Crippen molar-refractivity contribution in [3.63, 3.8) is 0 Å². The summed E-state index contributed by atoms with van der Waals surface area (Å²) in [5, 5.41) is 7.98. The zero-order valence-electron chi connectivity index (χ0n) is 13.6. The molecule has 21 heavy (non-hydrogen) atoms. The first kappa shape index (κ1) is 16.5. The Labute approximate surface area is 128 Å². The highest BCUT2D eigenvalue weighted by molar-refractivity contribution is 7.91. The fraction of sp³-hybridized carbons (Fsp3) is 0.800. The van der Waals surface area contributed by atoms with Crippen LogP contribution in [-0.4, -0.2) is 43.3 Å². The highest BCUT2D eigenvalue weighted by atomic mass is 32.2. The van der Waals surface area contributed by atoms with Gasteiger partial charge in [-0.15, -0.1) is 0 Å². The number of sulfone groups is 1. The van der Waals surface area contributed by atoms with Crippen LogP contribution in [0.5, 0.6) is 0 Å². The van der Waals surface area contributed by atoms with E-state index >= 15 is 0 Å². The molecule has 1 N–H and O–H groups in total. The molecule has 5 nitrogen and oxygen atoms in total. The van der Waals surface area contributed by atoms with Crippen LogP contribution in [0.15, 0.2) is 0 Å². The van der Waals surface area contributed by atoms with Gasteiger partial charge in [-0.2, -0.15) is 5.10 Å². The van der Waals surface area contributed by atoms with Gasteiger partial charge in [0.25, 0.3) is 0 Å². The maximum atomic E-state index is 11.9. The van der Waals surface area contributed by atoms with Crippen LogP contribution in [0.1, 0.15) is 44.1 Å². The van der Waals surface area contributed by atoms with Gasteiger partial charge in [-0.25, -0.2) is 8.42 Å². The number of aryl methyl sites for hydroxylation is 1. The topological polar surface area (TPSA) is 64.0 Å². The van der Waals surface area contributed by atoms with E-state index in [0.717, 1.165) is 31.5 Å². The molecule has 1 aromatic rings. The number of aromatic nitrogens is 2. The van der Waals surface area contributed by atoms with Gasteiger partial charge in [0.2, 0.25) is 0 Å². The van der Waals surface area contributed by atoms with E-state index in [9.17, 15) is 8.42 Å². The number of nitrogens with zero attached hydrogens (tertiary/aromatic N) is 2. The average Bonchev–Trinajstić information content (AvgIpc) is 2.94. The van der Waals surface area contributed by atoms with Crippen molar-refractivity contribution in [2.45, 2.75) is 52.0 Å². The molecule has 0 saturated carbocycles. The van der Waals surface area contributed by atoms with Gasteiger partial charge in [0.15, 0.2) is 9.84 Å². The van der Waals surface area contributed by atoms with Crippen LogP contribution in [0.2, 0.25) is 0 Å². The summed E-state index contributed by atoms with van der Waals surface area (Å²) in [4.78, 5) is 0. The second kappa shape index (κ2) is 6.08. The first-order valence-electron chi connectivity index (χ1n) is 7.82. The minimum Gasteiger partial charge on any atom is -0.319 e. The molecule has 2 rings (SSSR count).